The Labute approximate surface area is 164 Å². The first kappa shape index (κ1) is 23.2. The molecule has 0 aliphatic rings. The molecule has 0 fully saturated rings. The molecule has 1 rings (SSSR count). The van der Waals surface area contributed by atoms with E-state index in [-0.39, 0.29) is 0 Å². The SMILES string of the molecule is CCCCCCCCCCCC[n+]1cc(CC)cc(CC)c1CCCC. The summed E-state index contributed by atoms with van der Waals surface area (Å²) < 4.78 is 2.61. The summed E-state index contributed by atoms with van der Waals surface area (Å²) >= 11 is 0. The number of hydrogen-bond acceptors (Lipinski definition) is 0. The summed E-state index contributed by atoms with van der Waals surface area (Å²) in [6, 6.07) is 2.46. The van der Waals surface area contributed by atoms with Crippen molar-refractivity contribution < 1.29 is 4.57 Å². The van der Waals surface area contributed by atoms with Crippen molar-refractivity contribution >= 4 is 0 Å². The van der Waals surface area contributed by atoms with Gasteiger partial charge >= 0.3 is 0 Å². The van der Waals surface area contributed by atoms with Gasteiger partial charge in [-0.05, 0) is 31.7 Å². The van der Waals surface area contributed by atoms with Crippen LogP contribution in [0.3, 0.4) is 0 Å². The van der Waals surface area contributed by atoms with Crippen LogP contribution in [0.4, 0.5) is 0 Å². The molecule has 1 aromatic heterocycles. The van der Waals surface area contributed by atoms with Crippen LogP contribution in [0.2, 0.25) is 0 Å². The van der Waals surface area contributed by atoms with E-state index in [0.29, 0.717) is 0 Å². The Morgan fingerprint density at radius 1 is 0.654 bits per heavy atom. The van der Waals surface area contributed by atoms with Gasteiger partial charge in [-0.2, -0.15) is 0 Å². The second kappa shape index (κ2) is 15.2. The molecule has 0 amide bonds. The molecule has 1 nitrogen and oxygen atoms in total. The highest BCUT2D eigenvalue weighted by molar-refractivity contribution is 5.22. The number of aromatic nitrogens is 1. The molecule has 0 aromatic carbocycles. The number of aryl methyl sites for hydroxylation is 3. The molecule has 0 atom stereocenters. The van der Waals surface area contributed by atoms with E-state index in [0.717, 1.165) is 6.42 Å². The van der Waals surface area contributed by atoms with E-state index in [2.05, 4.69) is 44.5 Å². The second-order valence-corrected chi connectivity index (χ2v) is 8.01. The van der Waals surface area contributed by atoms with Crippen molar-refractivity contribution in [3.63, 3.8) is 0 Å². The lowest BCUT2D eigenvalue weighted by Crippen LogP contribution is -2.40. The van der Waals surface area contributed by atoms with Crippen LogP contribution < -0.4 is 4.57 Å². The molecule has 150 valence electrons. The Hall–Kier alpha value is -0.850. The summed E-state index contributed by atoms with van der Waals surface area (Å²) in [5.41, 5.74) is 4.71. The Balaban J connectivity index is 2.40. The average molecular weight is 361 g/mol. The van der Waals surface area contributed by atoms with Gasteiger partial charge in [-0.3, -0.25) is 0 Å². The zero-order chi connectivity index (χ0) is 19.0. The highest BCUT2D eigenvalue weighted by Crippen LogP contribution is 2.14. The van der Waals surface area contributed by atoms with Gasteiger partial charge in [0.05, 0.1) is 0 Å². The fraction of sp³-hybridized carbons (Fsp3) is 0.800. The van der Waals surface area contributed by atoms with Crippen LogP contribution in [0.25, 0.3) is 0 Å². The zero-order valence-corrected chi connectivity index (χ0v) is 18.4. The summed E-state index contributed by atoms with van der Waals surface area (Å²) in [6.45, 7) is 10.4. The maximum atomic E-state index is 2.61. The number of unbranched alkanes of at least 4 members (excludes halogenated alkanes) is 10. The molecule has 0 saturated heterocycles. The fourth-order valence-corrected chi connectivity index (χ4v) is 3.92. The third-order valence-corrected chi connectivity index (χ3v) is 5.71. The highest BCUT2D eigenvalue weighted by atomic mass is 15.0. The standard InChI is InChI=1S/C25H46N/c1-5-9-11-12-13-14-15-16-17-18-20-26-22-23(7-3)21-24(8-4)25(26)19-10-6-2/h21-22H,5-20H2,1-4H3/q+1. The van der Waals surface area contributed by atoms with E-state index in [1.54, 1.807) is 11.3 Å². The maximum Gasteiger partial charge on any atom is 0.184 e. The van der Waals surface area contributed by atoms with Crippen LogP contribution in [0.5, 0.6) is 0 Å². The molecule has 0 unspecified atom stereocenters. The van der Waals surface area contributed by atoms with Gasteiger partial charge in [0.2, 0.25) is 0 Å². The molecule has 0 spiro atoms. The molecule has 0 bridgehead atoms. The first-order valence-electron chi connectivity index (χ1n) is 11.8. The first-order valence-corrected chi connectivity index (χ1v) is 11.8. The molecule has 0 aliphatic heterocycles. The largest absolute Gasteiger partial charge is 0.202 e. The van der Waals surface area contributed by atoms with Crippen molar-refractivity contribution in [3.8, 4) is 0 Å². The first-order chi connectivity index (χ1) is 12.8. The average Bonchev–Trinajstić information content (AvgIpc) is 2.67. The lowest BCUT2D eigenvalue weighted by Gasteiger charge is -2.11. The Bertz CT molecular complexity index is 463. The van der Waals surface area contributed by atoms with Crippen LogP contribution in [0, 0.1) is 0 Å². The van der Waals surface area contributed by atoms with Gasteiger partial charge < -0.3 is 0 Å². The van der Waals surface area contributed by atoms with E-state index in [1.807, 2.05) is 0 Å². The normalized spacial score (nSPS) is 11.2. The lowest BCUT2D eigenvalue weighted by molar-refractivity contribution is -0.705. The quantitative estimate of drug-likeness (QED) is 0.214. The lowest BCUT2D eigenvalue weighted by atomic mass is 10.0. The van der Waals surface area contributed by atoms with Crippen molar-refractivity contribution in [3.05, 3.63) is 29.1 Å². The van der Waals surface area contributed by atoms with Crippen LogP contribution in [0.1, 0.15) is 122 Å². The maximum absolute atomic E-state index is 2.61. The van der Waals surface area contributed by atoms with Crippen molar-refractivity contribution in [2.24, 2.45) is 0 Å². The smallest absolute Gasteiger partial charge is 0.184 e. The number of hydrogen-bond donors (Lipinski definition) is 0. The van der Waals surface area contributed by atoms with Crippen LogP contribution in [-0.4, -0.2) is 0 Å². The molecule has 0 N–H and O–H groups in total. The predicted octanol–water partition coefficient (Wildman–Crippen LogP) is 7.36. The van der Waals surface area contributed by atoms with Gasteiger partial charge in [-0.1, -0.05) is 85.5 Å². The topological polar surface area (TPSA) is 3.88 Å². The molecule has 0 radical (unpaired) electrons. The van der Waals surface area contributed by atoms with E-state index in [1.165, 1.54) is 102 Å². The predicted molar refractivity (Wildman–Crippen MR) is 116 cm³/mol. The van der Waals surface area contributed by atoms with E-state index < -0.39 is 0 Å². The van der Waals surface area contributed by atoms with Gasteiger partial charge in [-0.25, -0.2) is 4.57 Å². The highest BCUT2D eigenvalue weighted by Gasteiger charge is 2.16. The minimum Gasteiger partial charge on any atom is -0.202 e. The molecular weight excluding hydrogens is 314 g/mol. The number of pyridine rings is 1. The Morgan fingerprint density at radius 2 is 1.23 bits per heavy atom. The molecule has 0 saturated carbocycles. The monoisotopic (exact) mass is 360 g/mol. The van der Waals surface area contributed by atoms with Crippen molar-refractivity contribution in [1.82, 2.24) is 0 Å². The fourth-order valence-electron chi connectivity index (χ4n) is 3.92. The van der Waals surface area contributed by atoms with Crippen molar-refractivity contribution in [2.75, 3.05) is 0 Å². The summed E-state index contributed by atoms with van der Waals surface area (Å²) in [5.74, 6) is 0. The third-order valence-electron chi connectivity index (χ3n) is 5.71. The molecule has 1 heterocycles. The van der Waals surface area contributed by atoms with Gasteiger partial charge in [0.15, 0.2) is 11.9 Å². The van der Waals surface area contributed by atoms with Crippen LogP contribution in [0.15, 0.2) is 12.3 Å². The molecule has 0 aliphatic carbocycles. The summed E-state index contributed by atoms with van der Waals surface area (Å²) in [4.78, 5) is 0. The third kappa shape index (κ3) is 9.19. The minimum absolute atomic E-state index is 1.15. The van der Waals surface area contributed by atoms with Crippen LogP contribution >= 0.6 is 0 Å². The van der Waals surface area contributed by atoms with Gasteiger partial charge in [0.25, 0.3) is 0 Å². The molecule has 26 heavy (non-hydrogen) atoms. The number of rotatable bonds is 16. The summed E-state index contributed by atoms with van der Waals surface area (Å²) in [7, 11) is 0. The number of nitrogens with zero attached hydrogens (tertiary/aromatic N) is 1. The Morgan fingerprint density at radius 3 is 1.77 bits per heavy atom. The second-order valence-electron chi connectivity index (χ2n) is 8.01. The van der Waals surface area contributed by atoms with Gasteiger partial charge in [0.1, 0.15) is 6.54 Å². The molecular formula is C25H46N+. The molecule has 1 heteroatoms. The van der Waals surface area contributed by atoms with E-state index in [4.69, 9.17) is 0 Å². The van der Waals surface area contributed by atoms with Crippen molar-refractivity contribution in [2.45, 2.75) is 131 Å². The van der Waals surface area contributed by atoms with Gasteiger partial charge in [-0.15, -0.1) is 0 Å². The summed E-state index contributed by atoms with van der Waals surface area (Å²) in [5, 5.41) is 0. The van der Waals surface area contributed by atoms with E-state index in [9.17, 15) is 0 Å². The van der Waals surface area contributed by atoms with Crippen LogP contribution in [-0.2, 0) is 25.8 Å². The minimum atomic E-state index is 1.15. The van der Waals surface area contributed by atoms with E-state index >= 15 is 0 Å². The summed E-state index contributed by atoms with van der Waals surface area (Å²) in [6.07, 6.45) is 22.8. The zero-order valence-electron chi connectivity index (χ0n) is 18.4. The Kier molecular flexibility index (Phi) is 13.6. The van der Waals surface area contributed by atoms with Crippen molar-refractivity contribution in [1.29, 1.82) is 0 Å². The van der Waals surface area contributed by atoms with Gasteiger partial charge in [0, 0.05) is 24.0 Å². The molecule has 1 aromatic rings.